The maximum Gasteiger partial charge on any atom is 0.225 e. The van der Waals surface area contributed by atoms with Crippen molar-refractivity contribution in [2.45, 2.75) is 38.6 Å². The van der Waals surface area contributed by atoms with Gasteiger partial charge in [-0.05, 0) is 31.7 Å². The summed E-state index contributed by atoms with van der Waals surface area (Å²) in [6, 6.07) is 6.46. The Labute approximate surface area is 136 Å². The van der Waals surface area contributed by atoms with E-state index < -0.39 is 0 Å². The van der Waals surface area contributed by atoms with Gasteiger partial charge in [0.2, 0.25) is 11.8 Å². The lowest BCUT2D eigenvalue weighted by Crippen LogP contribution is -2.46. The first-order chi connectivity index (χ1) is 11.1. The van der Waals surface area contributed by atoms with Gasteiger partial charge in [0, 0.05) is 37.0 Å². The van der Waals surface area contributed by atoms with Crippen molar-refractivity contribution < 1.29 is 14.0 Å². The van der Waals surface area contributed by atoms with Crippen molar-refractivity contribution in [2.24, 2.45) is 11.8 Å². The van der Waals surface area contributed by atoms with E-state index in [0.29, 0.717) is 31.5 Å². The fraction of sp³-hybridized carbons (Fsp3) is 0.556. The lowest BCUT2D eigenvalue weighted by atomic mass is 9.83. The van der Waals surface area contributed by atoms with Crippen LogP contribution in [0.15, 0.2) is 24.3 Å². The normalized spacial score (nSPS) is 19.3. The van der Waals surface area contributed by atoms with Gasteiger partial charge >= 0.3 is 0 Å². The van der Waals surface area contributed by atoms with E-state index in [2.05, 4.69) is 5.32 Å². The molecule has 0 atom stereocenters. The first-order valence-corrected chi connectivity index (χ1v) is 8.45. The minimum atomic E-state index is -0.297. The number of carbonyl (C=O) groups is 2. The van der Waals surface area contributed by atoms with Gasteiger partial charge in [-0.15, -0.1) is 0 Å². The van der Waals surface area contributed by atoms with E-state index in [-0.39, 0.29) is 36.0 Å². The van der Waals surface area contributed by atoms with Gasteiger partial charge in [0.25, 0.3) is 0 Å². The van der Waals surface area contributed by atoms with Crippen molar-refractivity contribution in [3.8, 4) is 0 Å². The molecule has 124 valence electrons. The van der Waals surface area contributed by atoms with Gasteiger partial charge in [0.05, 0.1) is 0 Å². The summed E-state index contributed by atoms with van der Waals surface area (Å²) in [7, 11) is 0. The predicted octanol–water partition coefficient (Wildman–Crippen LogP) is 2.48. The second kappa shape index (κ2) is 7.11. The molecular formula is C18H23FN2O2. The second-order valence-electron chi connectivity index (χ2n) is 6.54. The molecule has 2 aliphatic rings. The Hall–Kier alpha value is -1.91. The predicted molar refractivity (Wildman–Crippen MR) is 84.9 cm³/mol. The third-order valence-electron chi connectivity index (χ3n) is 5.04. The smallest absolute Gasteiger partial charge is 0.225 e. The SMILES string of the molecule is O=C(NCc1ccccc1F)C1CCN(C(=O)C2CCC2)CC1. The number of hydrogen-bond donors (Lipinski definition) is 1. The minimum Gasteiger partial charge on any atom is -0.352 e. The molecule has 1 aromatic rings. The number of amides is 2. The summed E-state index contributed by atoms with van der Waals surface area (Å²) in [5.41, 5.74) is 0.499. The van der Waals surface area contributed by atoms with E-state index >= 15 is 0 Å². The molecule has 0 spiro atoms. The zero-order valence-corrected chi connectivity index (χ0v) is 13.3. The van der Waals surface area contributed by atoms with Crippen LogP contribution in [-0.2, 0) is 16.1 Å². The Morgan fingerprint density at radius 1 is 1.09 bits per heavy atom. The van der Waals surface area contributed by atoms with Crippen LogP contribution in [0.2, 0.25) is 0 Å². The monoisotopic (exact) mass is 318 g/mol. The van der Waals surface area contributed by atoms with E-state index in [1.807, 2.05) is 4.90 Å². The summed E-state index contributed by atoms with van der Waals surface area (Å²) in [4.78, 5) is 26.3. The van der Waals surface area contributed by atoms with E-state index in [9.17, 15) is 14.0 Å². The van der Waals surface area contributed by atoms with Gasteiger partial charge < -0.3 is 10.2 Å². The van der Waals surface area contributed by atoms with Crippen LogP contribution in [0.4, 0.5) is 4.39 Å². The highest BCUT2D eigenvalue weighted by molar-refractivity contribution is 5.81. The van der Waals surface area contributed by atoms with E-state index in [0.717, 1.165) is 19.3 Å². The average Bonchev–Trinajstić information content (AvgIpc) is 2.52. The van der Waals surface area contributed by atoms with Crippen LogP contribution in [0.1, 0.15) is 37.7 Å². The standard InChI is InChI=1S/C18H23FN2O2/c19-16-7-2-1-4-15(16)12-20-17(22)13-8-10-21(11-9-13)18(23)14-5-3-6-14/h1-2,4,7,13-14H,3,5-6,8-12H2,(H,20,22). The van der Waals surface area contributed by atoms with Crippen molar-refractivity contribution >= 4 is 11.8 Å². The number of halogens is 1. The highest BCUT2D eigenvalue weighted by atomic mass is 19.1. The number of nitrogens with zero attached hydrogens (tertiary/aromatic N) is 1. The number of benzene rings is 1. The topological polar surface area (TPSA) is 49.4 Å². The maximum atomic E-state index is 13.5. The highest BCUT2D eigenvalue weighted by Gasteiger charge is 2.33. The molecule has 0 bridgehead atoms. The maximum absolute atomic E-state index is 13.5. The van der Waals surface area contributed by atoms with Gasteiger partial charge in [-0.1, -0.05) is 24.6 Å². The van der Waals surface area contributed by atoms with Crippen LogP contribution in [0.25, 0.3) is 0 Å². The van der Waals surface area contributed by atoms with Crippen molar-refractivity contribution in [2.75, 3.05) is 13.1 Å². The Balaban J connectivity index is 1.45. The molecule has 2 fully saturated rings. The largest absolute Gasteiger partial charge is 0.352 e. The van der Waals surface area contributed by atoms with Crippen LogP contribution in [0, 0.1) is 17.7 Å². The molecule has 1 heterocycles. The molecule has 1 aliphatic carbocycles. The van der Waals surface area contributed by atoms with Crippen LogP contribution in [0.5, 0.6) is 0 Å². The van der Waals surface area contributed by atoms with Crippen LogP contribution in [-0.4, -0.2) is 29.8 Å². The molecule has 3 rings (SSSR count). The minimum absolute atomic E-state index is 0.0380. The molecule has 1 saturated heterocycles. The van der Waals surface area contributed by atoms with Gasteiger partial charge in [-0.25, -0.2) is 4.39 Å². The van der Waals surface area contributed by atoms with Crippen LogP contribution >= 0.6 is 0 Å². The number of likely N-dealkylation sites (tertiary alicyclic amines) is 1. The number of nitrogens with one attached hydrogen (secondary N) is 1. The van der Waals surface area contributed by atoms with E-state index in [1.54, 1.807) is 18.2 Å². The molecule has 0 unspecified atom stereocenters. The van der Waals surface area contributed by atoms with Gasteiger partial charge in [-0.3, -0.25) is 9.59 Å². The Morgan fingerprint density at radius 2 is 1.78 bits per heavy atom. The molecule has 1 aromatic carbocycles. The number of hydrogen-bond acceptors (Lipinski definition) is 2. The number of carbonyl (C=O) groups excluding carboxylic acids is 2. The Kier molecular flexibility index (Phi) is 4.94. The van der Waals surface area contributed by atoms with Crippen molar-refractivity contribution in [3.63, 3.8) is 0 Å². The van der Waals surface area contributed by atoms with Crippen LogP contribution < -0.4 is 5.32 Å². The second-order valence-corrected chi connectivity index (χ2v) is 6.54. The Morgan fingerprint density at radius 3 is 2.39 bits per heavy atom. The number of piperidine rings is 1. The van der Waals surface area contributed by atoms with Gasteiger partial charge in [0.15, 0.2) is 0 Å². The first-order valence-electron chi connectivity index (χ1n) is 8.45. The van der Waals surface area contributed by atoms with Crippen molar-refractivity contribution in [1.29, 1.82) is 0 Å². The summed E-state index contributed by atoms with van der Waals surface area (Å²) in [5, 5.41) is 2.82. The lowest BCUT2D eigenvalue weighted by Gasteiger charge is -2.36. The molecule has 0 aromatic heterocycles. The lowest BCUT2D eigenvalue weighted by molar-refractivity contribution is -0.141. The van der Waals surface area contributed by atoms with Gasteiger partial charge in [-0.2, -0.15) is 0 Å². The molecular weight excluding hydrogens is 295 g/mol. The molecule has 0 radical (unpaired) electrons. The van der Waals surface area contributed by atoms with Crippen molar-refractivity contribution in [1.82, 2.24) is 10.2 Å². The molecule has 4 nitrogen and oxygen atoms in total. The van der Waals surface area contributed by atoms with Gasteiger partial charge in [0.1, 0.15) is 5.82 Å². The quantitative estimate of drug-likeness (QED) is 0.927. The molecule has 1 aliphatic heterocycles. The molecule has 2 amide bonds. The zero-order valence-electron chi connectivity index (χ0n) is 13.3. The first kappa shape index (κ1) is 16.0. The fourth-order valence-electron chi connectivity index (χ4n) is 3.24. The van der Waals surface area contributed by atoms with Crippen LogP contribution in [0.3, 0.4) is 0 Å². The summed E-state index contributed by atoms with van der Waals surface area (Å²) in [5.74, 6) is 0.0767. The molecule has 1 saturated carbocycles. The highest BCUT2D eigenvalue weighted by Crippen LogP contribution is 2.30. The summed E-state index contributed by atoms with van der Waals surface area (Å²) in [6.45, 7) is 1.53. The average molecular weight is 318 g/mol. The summed E-state index contributed by atoms with van der Waals surface area (Å²) < 4.78 is 13.5. The molecule has 1 N–H and O–H groups in total. The van der Waals surface area contributed by atoms with E-state index in [1.165, 1.54) is 6.07 Å². The fourth-order valence-corrected chi connectivity index (χ4v) is 3.24. The molecule has 23 heavy (non-hydrogen) atoms. The van der Waals surface area contributed by atoms with E-state index in [4.69, 9.17) is 0 Å². The Bertz CT molecular complexity index is 578. The summed E-state index contributed by atoms with van der Waals surface area (Å²) >= 11 is 0. The third-order valence-corrected chi connectivity index (χ3v) is 5.04. The van der Waals surface area contributed by atoms with Crippen molar-refractivity contribution in [3.05, 3.63) is 35.6 Å². The summed E-state index contributed by atoms with van der Waals surface area (Å²) in [6.07, 6.45) is 4.58. The molecule has 5 heteroatoms. The zero-order chi connectivity index (χ0) is 16.2. The number of rotatable bonds is 4. The third kappa shape index (κ3) is 3.71.